The molecule has 1 saturated heterocycles. The van der Waals surface area contributed by atoms with E-state index in [0.717, 1.165) is 18.4 Å². The standard InChI is InChI=1S/C18H21N3O3/c22-13-15-7-4-10-20(11-15)18(24)16-8-9-17(23)21(19-16)12-14-5-2-1-3-6-14/h1-3,5-6,8-9,15,22H,4,7,10-13H2. The first-order valence-electron chi connectivity index (χ1n) is 8.19. The van der Waals surface area contributed by atoms with E-state index in [9.17, 15) is 14.7 Å². The molecule has 1 fully saturated rings. The van der Waals surface area contributed by atoms with Gasteiger partial charge in [0.25, 0.3) is 11.5 Å². The van der Waals surface area contributed by atoms with E-state index in [1.807, 2.05) is 30.3 Å². The Bertz CT molecular complexity index is 758. The molecule has 24 heavy (non-hydrogen) atoms. The number of hydrogen-bond acceptors (Lipinski definition) is 4. The predicted molar refractivity (Wildman–Crippen MR) is 89.8 cm³/mol. The van der Waals surface area contributed by atoms with Crippen LogP contribution in [0.15, 0.2) is 47.3 Å². The Morgan fingerprint density at radius 2 is 2.00 bits per heavy atom. The number of aliphatic hydroxyl groups is 1. The van der Waals surface area contributed by atoms with E-state index in [2.05, 4.69) is 5.10 Å². The van der Waals surface area contributed by atoms with Crippen LogP contribution in [-0.4, -0.2) is 45.4 Å². The highest BCUT2D eigenvalue weighted by molar-refractivity contribution is 5.92. The molecule has 0 bridgehead atoms. The highest BCUT2D eigenvalue weighted by Crippen LogP contribution is 2.17. The molecule has 126 valence electrons. The van der Waals surface area contributed by atoms with Crippen molar-refractivity contribution in [1.82, 2.24) is 14.7 Å². The topological polar surface area (TPSA) is 75.4 Å². The average molecular weight is 327 g/mol. The van der Waals surface area contributed by atoms with Crippen molar-refractivity contribution >= 4 is 5.91 Å². The number of amides is 1. The van der Waals surface area contributed by atoms with Crippen molar-refractivity contribution in [3.63, 3.8) is 0 Å². The van der Waals surface area contributed by atoms with Crippen LogP contribution in [0.2, 0.25) is 0 Å². The summed E-state index contributed by atoms with van der Waals surface area (Å²) in [4.78, 5) is 26.4. The predicted octanol–water partition coefficient (Wildman–Crippen LogP) is 1.14. The number of aromatic nitrogens is 2. The quantitative estimate of drug-likeness (QED) is 0.913. The third-order valence-corrected chi connectivity index (χ3v) is 4.33. The lowest BCUT2D eigenvalue weighted by Gasteiger charge is -2.31. The Labute approximate surface area is 140 Å². The fourth-order valence-corrected chi connectivity index (χ4v) is 2.99. The minimum atomic E-state index is -0.234. The molecule has 0 radical (unpaired) electrons. The second kappa shape index (κ2) is 7.40. The number of benzene rings is 1. The highest BCUT2D eigenvalue weighted by atomic mass is 16.3. The summed E-state index contributed by atoms with van der Waals surface area (Å²) in [5.74, 6) is -0.0621. The smallest absolute Gasteiger partial charge is 0.274 e. The SMILES string of the molecule is O=C(c1ccc(=O)n(Cc2ccccc2)n1)N1CCCC(CO)C1. The second-order valence-electron chi connectivity index (χ2n) is 6.14. The summed E-state index contributed by atoms with van der Waals surface area (Å²) in [7, 11) is 0. The molecule has 1 aliphatic heterocycles. The van der Waals surface area contributed by atoms with Crippen molar-refractivity contribution in [2.75, 3.05) is 19.7 Å². The molecule has 3 rings (SSSR count). The molecule has 6 heteroatoms. The van der Waals surface area contributed by atoms with Gasteiger partial charge in [-0.05, 0) is 30.4 Å². The monoisotopic (exact) mass is 327 g/mol. The van der Waals surface area contributed by atoms with Crippen molar-refractivity contribution < 1.29 is 9.90 Å². The van der Waals surface area contributed by atoms with Crippen molar-refractivity contribution in [1.29, 1.82) is 0 Å². The van der Waals surface area contributed by atoms with E-state index in [1.165, 1.54) is 16.8 Å². The van der Waals surface area contributed by atoms with Gasteiger partial charge in [-0.1, -0.05) is 30.3 Å². The summed E-state index contributed by atoms with van der Waals surface area (Å²) >= 11 is 0. The number of nitrogens with zero attached hydrogens (tertiary/aromatic N) is 3. The van der Waals surface area contributed by atoms with Crippen molar-refractivity contribution in [3.05, 3.63) is 64.1 Å². The van der Waals surface area contributed by atoms with Gasteiger partial charge in [0.15, 0.2) is 0 Å². The van der Waals surface area contributed by atoms with Gasteiger partial charge in [-0.2, -0.15) is 5.10 Å². The molecule has 1 aliphatic rings. The first-order valence-corrected chi connectivity index (χ1v) is 8.19. The lowest BCUT2D eigenvalue weighted by molar-refractivity contribution is 0.0612. The summed E-state index contributed by atoms with van der Waals surface area (Å²) in [6.07, 6.45) is 1.81. The van der Waals surface area contributed by atoms with E-state index in [0.29, 0.717) is 19.6 Å². The van der Waals surface area contributed by atoms with Crippen LogP contribution in [0, 0.1) is 5.92 Å². The Morgan fingerprint density at radius 3 is 2.75 bits per heavy atom. The maximum atomic E-state index is 12.6. The maximum absolute atomic E-state index is 12.6. The largest absolute Gasteiger partial charge is 0.396 e. The molecule has 1 N–H and O–H groups in total. The van der Waals surface area contributed by atoms with Gasteiger partial charge in [0.2, 0.25) is 0 Å². The van der Waals surface area contributed by atoms with Crippen LogP contribution in [-0.2, 0) is 6.54 Å². The van der Waals surface area contributed by atoms with Gasteiger partial charge in [-0.25, -0.2) is 4.68 Å². The third-order valence-electron chi connectivity index (χ3n) is 4.33. The molecule has 6 nitrogen and oxygen atoms in total. The Morgan fingerprint density at radius 1 is 1.21 bits per heavy atom. The number of piperidine rings is 1. The molecule has 1 unspecified atom stereocenters. The number of rotatable bonds is 4. The number of carbonyl (C=O) groups is 1. The zero-order valence-electron chi connectivity index (χ0n) is 13.5. The average Bonchev–Trinajstić information content (AvgIpc) is 2.64. The van der Waals surface area contributed by atoms with E-state index >= 15 is 0 Å². The first kappa shape index (κ1) is 16.4. The summed E-state index contributed by atoms with van der Waals surface area (Å²) in [6, 6.07) is 12.4. The molecule has 0 saturated carbocycles. The molecule has 1 atom stereocenters. The van der Waals surface area contributed by atoms with Gasteiger partial charge in [0.1, 0.15) is 5.69 Å². The van der Waals surface area contributed by atoms with Gasteiger partial charge in [0, 0.05) is 25.8 Å². The molecule has 0 aliphatic carbocycles. The van der Waals surface area contributed by atoms with Crippen molar-refractivity contribution in [3.8, 4) is 0 Å². The van der Waals surface area contributed by atoms with E-state index in [1.54, 1.807) is 4.90 Å². The fourth-order valence-electron chi connectivity index (χ4n) is 2.99. The molecular weight excluding hydrogens is 306 g/mol. The van der Waals surface area contributed by atoms with Crippen LogP contribution in [0.25, 0.3) is 0 Å². The Balaban J connectivity index is 1.80. The lowest BCUT2D eigenvalue weighted by Crippen LogP contribution is -2.42. The van der Waals surface area contributed by atoms with Crippen LogP contribution in [0.3, 0.4) is 0 Å². The summed E-state index contributed by atoms with van der Waals surface area (Å²) in [6.45, 7) is 1.62. The molecular formula is C18H21N3O3. The molecule has 2 aromatic rings. The molecule has 1 aromatic carbocycles. The number of aliphatic hydroxyl groups excluding tert-OH is 1. The number of hydrogen-bond donors (Lipinski definition) is 1. The molecule has 1 amide bonds. The fraction of sp³-hybridized carbons (Fsp3) is 0.389. The van der Waals surface area contributed by atoms with Gasteiger partial charge >= 0.3 is 0 Å². The molecule has 1 aromatic heterocycles. The van der Waals surface area contributed by atoms with Crippen LogP contribution in [0.4, 0.5) is 0 Å². The molecule has 0 spiro atoms. The summed E-state index contributed by atoms with van der Waals surface area (Å²) < 4.78 is 1.32. The maximum Gasteiger partial charge on any atom is 0.274 e. The zero-order valence-corrected chi connectivity index (χ0v) is 13.5. The Kier molecular flexibility index (Phi) is 5.05. The van der Waals surface area contributed by atoms with Gasteiger partial charge < -0.3 is 10.0 Å². The van der Waals surface area contributed by atoms with Gasteiger partial charge in [0.05, 0.1) is 6.54 Å². The first-order chi connectivity index (χ1) is 11.7. The van der Waals surface area contributed by atoms with Crippen LogP contribution < -0.4 is 5.56 Å². The van der Waals surface area contributed by atoms with Crippen LogP contribution in [0.1, 0.15) is 28.9 Å². The number of carbonyl (C=O) groups excluding carboxylic acids is 1. The highest BCUT2D eigenvalue weighted by Gasteiger charge is 2.25. The van der Waals surface area contributed by atoms with Crippen LogP contribution in [0.5, 0.6) is 0 Å². The Hall–Kier alpha value is -2.47. The van der Waals surface area contributed by atoms with E-state index in [4.69, 9.17) is 0 Å². The van der Waals surface area contributed by atoms with Crippen molar-refractivity contribution in [2.45, 2.75) is 19.4 Å². The van der Waals surface area contributed by atoms with E-state index < -0.39 is 0 Å². The van der Waals surface area contributed by atoms with Gasteiger partial charge in [-0.3, -0.25) is 9.59 Å². The zero-order chi connectivity index (χ0) is 16.9. The summed E-state index contributed by atoms with van der Waals surface area (Å²) in [5, 5.41) is 13.6. The minimum Gasteiger partial charge on any atom is -0.396 e. The van der Waals surface area contributed by atoms with Gasteiger partial charge in [-0.15, -0.1) is 0 Å². The third kappa shape index (κ3) is 3.71. The van der Waals surface area contributed by atoms with E-state index in [-0.39, 0.29) is 29.7 Å². The minimum absolute atomic E-state index is 0.0880. The van der Waals surface area contributed by atoms with Crippen LogP contribution >= 0.6 is 0 Å². The lowest BCUT2D eigenvalue weighted by atomic mass is 9.99. The second-order valence-corrected chi connectivity index (χ2v) is 6.14. The normalized spacial score (nSPS) is 17.7. The number of likely N-dealkylation sites (tertiary alicyclic amines) is 1. The van der Waals surface area contributed by atoms with Crippen molar-refractivity contribution in [2.24, 2.45) is 5.92 Å². The molecule has 2 heterocycles. The summed E-state index contributed by atoms with van der Waals surface area (Å²) in [5.41, 5.74) is 0.987.